The number of amides is 1. The van der Waals surface area contributed by atoms with Gasteiger partial charge in [-0.25, -0.2) is 4.98 Å². The zero-order valence-electron chi connectivity index (χ0n) is 11.5. The fraction of sp³-hybridized carbons (Fsp3) is 0.250. The summed E-state index contributed by atoms with van der Waals surface area (Å²) in [5.41, 5.74) is 2.03. The first kappa shape index (κ1) is 12.2. The smallest absolute Gasteiger partial charge is 0.229 e. The number of carbonyl (C=O) groups is 1. The molecule has 3 heterocycles. The van der Waals surface area contributed by atoms with E-state index in [1.165, 1.54) is 0 Å². The number of carbonyl (C=O) groups excluding carboxylic acids is 1. The van der Waals surface area contributed by atoms with Crippen molar-refractivity contribution in [1.29, 1.82) is 0 Å². The predicted molar refractivity (Wildman–Crippen MR) is 79.1 cm³/mol. The Bertz CT molecular complexity index is 789. The van der Waals surface area contributed by atoms with Gasteiger partial charge in [-0.05, 0) is 24.3 Å². The van der Waals surface area contributed by atoms with Crippen molar-refractivity contribution < 1.29 is 9.21 Å². The third-order valence-electron chi connectivity index (χ3n) is 3.89. The number of benzene rings is 1. The SMILES string of the molecule is O=C(CCc1ccco1)N1CCn2c1nc1ccccc12. The molecule has 1 aliphatic heterocycles. The Labute approximate surface area is 121 Å². The van der Waals surface area contributed by atoms with Crippen molar-refractivity contribution in [3.8, 4) is 0 Å². The van der Waals surface area contributed by atoms with Crippen molar-refractivity contribution >= 4 is 22.9 Å². The van der Waals surface area contributed by atoms with Crippen molar-refractivity contribution in [1.82, 2.24) is 9.55 Å². The second-order valence-electron chi connectivity index (χ2n) is 5.18. The number of nitrogens with zero attached hydrogens (tertiary/aromatic N) is 3. The van der Waals surface area contributed by atoms with E-state index in [1.54, 1.807) is 11.2 Å². The second kappa shape index (κ2) is 4.77. The molecule has 0 spiro atoms. The fourth-order valence-electron chi connectivity index (χ4n) is 2.85. The van der Waals surface area contributed by atoms with E-state index < -0.39 is 0 Å². The van der Waals surface area contributed by atoms with Crippen molar-refractivity contribution in [2.45, 2.75) is 19.4 Å². The number of aromatic nitrogens is 2. The molecule has 5 heteroatoms. The standard InChI is InChI=1S/C16H15N3O2/c20-15(8-7-12-4-3-11-21-12)19-10-9-18-14-6-2-1-5-13(14)17-16(18)19/h1-6,11H,7-10H2. The van der Waals surface area contributed by atoms with Gasteiger partial charge in [0.2, 0.25) is 11.9 Å². The monoisotopic (exact) mass is 281 g/mol. The highest BCUT2D eigenvalue weighted by Gasteiger charge is 2.27. The molecule has 0 saturated carbocycles. The summed E-state index contributed by atoms with van der Waals surface area (Å²) in [6.07, 6.45) is 2.70. The summed E-state index contributed by atoms with van der Waals surface area (Å²) in [5, 5.41) is 0. The topological polar surface area (TPSA) is 51.3 Å². The maximum Gasteiger partial charge on any atom is 0.229 e. The molecule has 0 atom stereocenters. The predicted octanol–water partition coefficient (Wildman–Crippen LogP) is 2.61. The third kappa shape index (κ3) is 2.01. The number of para-hydroxylation sites is 2. The zero-order valence-corrected chi connectivity index (χ0v) is 11.5. The van der Waals surface area contributed by atoms with Gasteiger partial charge in [0.05, 0.1) is 17.3 Å². The van der Waals surface area contributed by atoms with Crippen LogP contribution in [0.15, 0.2) is 47.1 Å². The molecule has 3 aromatic rings. The Balaban J connectivity index is 1.57. The minimum absolute atomic E-state index is 0.0976. The number of hydrogen-bond donors (Lipinski definition) is 0. The van der Waals surface area contributed by atoms with Crippen LogP contribution in [-0.4, -0.2) is 22.0 Å². The van der Waals surface area contributed by atoms with Crippen LogP contribution in [-0.2, 0) is 17.8 Å². The van der Waals surface area contributed by atoms with Crippen LogP contribution >= 0.6 is 0 Å². The summed E-state index contributed by atoms with van der Waals surface area (Å²) < 4.78 is 7.38. The molecule has 1 aliphatic rings. The molecule has 0 unspecified atom stereocenters. The lowest BCUT2D eigenvalue weighted by molar-refractivity contribution is -0.118. The number of furan rings is 1. The molecule has 0 saturated heterocycles. The lowest BCUT2D eigenvalue weighted by Crippen LogP contribution is -2.29. The third-order valence-corrected chi connectivity index (χ3v) is 3.89. The summed E-state index contributed by atoms with van der Waals surface area (Å²) >= 11 is 0. The molecule has 0 fully saturated rings. The van der Waals surface area contributed by atoms with E-state index in [-0.39, 0.29) is 5.91 Å². The van der Waals surface area contributed by atoms with E-state index in [2.05, 4.69) is 9.55 Å². The van der Waals surface area contributed by atoms with E-state index in [0.717, 1.165) is 29.3 Å². The fourth-order valence-corrected chi connectivity index (χ4v) is 2.85. The highest BCUT2D eigenvalue weighted by atomic mass is 16.3. The average molecular weight is 281 g/mol. The Hall–Kier alpha value is -2.56. The molecular formula is C16H15N3O2. The van der Waals surface area contributed by atoms with E-state index in [1.807, 2.05) is 36.4 Å². The summed E-state index contributed by atoms with van der Waals surface area (Å²) in [6.45, 7) is 1.51. The number of rotatable bonds is 3. The number of hydrogen-bond acceptors (Lipinski definition) is 3. The van der Waals surface area contributed by atoms with Crippen molar-refractivity contribution in [3.05, 3.63) is 48.4 Å². The molecule has 0 N–H and O–H groups in total. The molecule has 5 nitrogen and oxygen atoms in total. The number of imidazole rings is 1. The lowest BCUT2D eigenvalue weighted by Gasteiger charge is -2.13. The van der Waals surface area contributed by atoms with Crippen LogP contribution in [0.2, 0.25) is 0 Å². The quantitative estimate of drug-likeness (QED) is 0.741. The molecule has 0 bridgehead atoms. The highest BCUT2D eigenvalue weighted by molar-refractivity contribution is 5.94. The van der Waals surface area contributed by atoms with Crippen LogP contribution in [0.4, 0.5) is 5.95 Å². The molecule has 1 aromatic carbocycles. The molecular weight excluding hydrogens is 266 g/mol. The van der Waals surface area contributed by atoms with Crippen molar-refractivity contribution in [3.63, 3.8) is 0 Å². The lowest BCUT2D eigenvalue weighted by atomic mass is 10.2. The van der Waals surface area contributed by atoms with Crippen LogP contribution in [0.5, 0.6) is 0 Å². The van der Waals surface area contributed by atoms with E-state index in [9.17, 15) is 4.79 Å². The Morgan fingerprint density at radius 2 is 2.10 bits per heavy atom. The normalized spacial score (nSPS) is 13.8. The molecule has 1 amide bonds. The van der Waals surface area contributed by atoms with Gasteiger partial charge in [-0.3, -0.25) is 9.69 Å². The van der Waals surface area contributed by atoms with Crippen molar-refractivity contribution in [2.24, 2.45) is 0 Å². The van der Waals surface area contributed by atoms with Gasteiger partial charge in [0.15, 0.2) is 0 Å². The van der Waals surface area contributed by atoms with Crippen LogP contribution < -0.4 is 4.90 Å². The Kier molecular flexibility index (Phi) is 2.77. The first-order valence-corrected chi connectivity index (χ1v) is 7.11. The van der Waals surface area contributed by atoms with Gasteiger partial charge in [0.25, 0.3) is 0 Å². The van der Waals surface area contributed by atoms with Crippen LogP contribution in [0.1, 0.15) is 12.2 Å². The summed E-state index contributed by atoms with van der Waals surface area (Å²) in [6, 6.07) is 11.7. The van der Waals surface area contributed by atoms with Gasteiger partial charge in [0.1, 0.15) is 5.76 Å². The summed E-state index contributed by atoms with van der Waals surface area (Å²) in [4.78, 5) is 18.8. The largest absolute Gasteiger partial charge is 0.469 e. The summed E-state index contributed by atoms with van der Waals surface area (Å²) in [5.74, 6) is 1.71. The maximum absolute atomic E-state index is 12.4. The van der Waals surface area contributed by atoms with Gasteiger partial charge in [-0.15, -0.1) is 0 Å². The van der Waals surface area contributed by atoms with Gasteiger partial charge < -0.3 is 8.98 Å². The van der Waals surface area contributed by atoms with Gasteiger partial charge >= 0.3 is 0 Å². The molecule has 2 aromatic heterocycles. The van der Waals surface area contributed by atoms with Crippen LogP contribution in [0.3, 0.4) is 0 Å². The molecule has 4 rings (SSSR count). The van der Waals surface area contributed by atoms with Crippen LogP contribution in [0.25, 0.3) is 11.0 Å². The Morgan fingerprint density at radius 3 is 2.95 bits per heavy atom. The second-order valence-corrected chi connectivity index (χ2v) is 5.18. The molecule has 106 valence electrons. The van der Waals surface area contributed by atoms with Gasteiger partial charge in [-0.2, -0.15) is 0 Å². The van der Waals surface area contributed by atoms with E-state index in [4.69, 9.17) is 4.42 Å². The maximum atomic E-state index is 12.4. The molecule has 0 radical (unpaired) electrons. The molecule has 21 heavy (non-hydrogen) atoms. The van der Waals surface area contributed by atoms with Crippen LogP contribution in [0, 0.1) is 0 Å². The van der Waals surface area contributed by atoms with Gasteiger partial charge in [-0.1, -0.05) is 12.1 Å². The number of anilines is 1. The minimum atomic E-state index is 0.0976. The zero-order chi connectivity index (χ0) is 14.2. The van der Waals surface area contributed by atoms with Gasteiger partial charge in [0, 0.05) is 25.9 Å². The first-order chi connectivity index (χ1) is 10.3. The molecule has 0 aliphatic carbocycles. The Morgan fingerprint density at radius 1 is 1.19 bits per heavy atom. The average Bonchev–Trinajstić information content (AvgIpc) is 3.20. The van der Waals surface area contributed by atoms with Crippen molar-refractivity contribution in [2.75, 3.05) is 11.4 Å². The van der Waals surface area contributed by atoms with E-state index in [0.29, 0.717) is 19.4 Å². The number of aryl methyl sites for hydroxylation is 1. The highest BCUT2D eigenvalue weighted by Crippen LogP contribution is 2.27. The number of fused-ring (bicyclic) bond motifs is 3. The summed E-state index contributed by atoms with van der Waals surface area (Å²) in [7, 11) is 0. The first-order valence-electron chi connectivity index (χ1n) is 7.11. The minimum Gasteiger partial charge on any atom is -0.469 e. The van der Waals surface area contributed by atoms with E-state index >= 15 is 0 Å².